The second kappa shape index (κ2) is 23.6. The molecule has 0 bridgehead atoms. The maximum Gasteiger partial charge on any atom is 0.303 e. The summed E-state index contributed by atoms with van der Waals surface area (Å²) in [5, 5.41) is 2.89. The highest BCUT2D eigenvalue weighted by Crippen LogP contribution is 2.31. The van der Waals surface area contributed by atoms with Crippen LogP contribution in [0.3, 0.4) is 0 Å². The van der Waals surface area contributed by atoms with Crippen LogP contribution in [0.1, 0.15) is 131 Å². The Bertz CT molecular complexity index is 1160. The fraction of sp³-hybridized carbons (Fsp3) is 0.703. The molecule has 1 aromatic carbocycles. The largest absolute Gasteiger partial charge is 0.463 e. The molecule has 2 rings (SSSR count). The molecule has 0 aromatic heterocycles. The lowest BCUT2D eigenvalue weighted by Gasteiger charge is -2.43. The number of ether oxygens (including phenoxy) is 6. The molecule has 5 atom stereocenters. The lowest BCUT2D eigenvalue weighted by molar-refractivity contribution is -0.288. The van der Waals surface area contributed by atoms with E-state index in [1.807, 2.05) is 0 Å². The predicted octanol–water partition coefficient (Wildman–Crippen LogP) is 6.96. The van der Waals surface area contributed by atoms with Crippen molar-refractivity contribution in [3.63, 3.8) is 0 Å². The molecule has 0 spiro atoms. The minimum absolute atomic E-state index is 0.0767. The molecule has 1 saturated heterocycles. The summed E-state index contributed by atoms with van der Waals surface area (Å²) in [6.45, 7) is 6.54. The van der Waals surface area contributed by atoms with Gasteiger partial charge in [-0.2, -0.15) is 0 Å². The number of hydrogen-bond acceptors (Lipinski definition) is 11. The summed E-state index contributed by atoms with van der Waals surface area (Å²) in [7, 11) is 0. The molecular weight excluding hydrogens is 634 g/mol. The summed E-state index contributed by atoms with van der Waals surface area (Å²) in [6.07, 6.45) is 11.5. The van der Waals surface area contributed by atoms with E-state index in [2.05, 4.69) is 12.2 Å². The zero-order valence-corrected chi connectivity index (χ0v) is 30.0. The third-order valence-corrected chi connectivity index (χ3v) is 8.10. The summed E-state index contributed by atoms with van der Waals surface area (Å²) in [6, 6.07) is 6.50. The fourth-order valence-corrected chi connectivity index (χ4v) is 5.74. The van der Waals surface area contributed by atoms with Gasteiger partial charge in [0.1, 0.15) is 18.5 Å². The second-order valence-electron chi connectivity index (χ2n) is 12.6. The van der Waals surface area contributed by atoms with Gasteiger partial charge in [0, 0.05) is 39.8 Å². The van der Waals surface area contributed by atoms with Crippen LogP contribution >= 0.6 is 0 Å². The number of carbonyl (C=O) groups is 5. The third kappa shape index (κ3) is 17.5. The van der Waals surface area contributed by atoms with Crippen molar-refractivity contribution in [1.82, 2.24) is 0 Å². The van der Waals surface area contributed by atoms with E-state index in [0.29, 0.717) is 12.1 Å². The number of carbonyl (C=O) groups excluding carboxylic acids is 5. The Balaban J connectivity index is 1.87. The van der Waals surface area contributed by atoms with E-state index in [9.17, 15) is 24.0 Å². The molecule has 1 N–H and O–H groups in total. The minimum Gasteiger partial charge on any atom is -0.463 e. The molecule has 276 valence electrons. The molecule has 0 radical (unpaired) electrons. The number of rotatable bonds is 23. The van der Waals surface area contributed by atoms with Crippen LogP contribution in [0, 0.1) is 0 Å². The van der Waals surface area contributed by atoms with E-state index >= 15 is 0 Å². The SMILES string of the molecule is CCCCCCCCCCCCCCCCC(=O)Nc1ccc(O[C@@H]2O[C@H](COC(C)=O)[C@@H](OC(C)=O)[C@H](OC(C)=O)[C@H]2OC(C)=O)cc1. The molecule has 12 heteroatoms. The van der Waals surface area contributed by atoms with Gasteiger partial charge in [-0.25, -0.2) is 0 Å². The van der Waals surface area contributed by atoms with E-state index in [4.69, 9.17) is 28.4 Å². The zero-order chi connectivity index (χ0) is 36.0. The number of unbranched alkanes of at least 4 members (excludes halogenated alkanes) is 13. The molecule has 12 nitrogen and oxygen atoms in total. The fourth-order valence-electron chi connectivity index (χ4n) is 5.74. The smallest absolute Gasteiger partial charge is 0.303 e. The Morgan fingerprint density at radius 1 is 0.612 bits per heavy atom. The number of anilines is 1. The number of benzene rings is 1. The Hall–Kier alpha value is -3.67. The maximum atomic E-state index is 12.5. The highest BCUT2D eigenvalue weighted by atomic mass is 16.7. The summed E-state index contributed by atoms with van der Waals surface area (Å²) >= 11 is 0. The van der Waals surface area contributed by atoms with Gasteiger partial charge in [0.15, 0.2) is 12.2 Å². The van der Waals surface area contributed by atoms with E-state index < -0.39 is 54.6 Å². The third-order valence-electron chi connectivity index (χ3n) is 8.10. The number of nitrogens with one attached hydrogen (secondary N) is 1. The highest BCUT2D eigenvalue weighted by Gasteiger charge is 2.53. The minimum atomic E-state index is -1.35. The van der Waals surface area contributed by atoms with Crippen LogP contribution in [0.4, 0.5) is 5.69 Å². The molecule has 49 heavy (non-hydrogen) atoms. The van der Waals surface area contributed by atoms with Gasteiger partial charge in [0.2, 0.25) is 18.3 Å². The van der Waals surface area contributed by atoms with Crippen LogP contribution in [0.25, 0.3) is 0 Å². The van der Waals surface area contributed by atoms with E-state index in [1.54, 1.807) is 24.3 Å². The zero-order valence-electron chi connectivity index (χ0n) is 30.0. The van der Waals surface area contributed by atoms with Gasteiger partial charge in [-0.15, -0.1) is 0 Å². The molecule has 1 aliphatic rings. The predicted molar refractivity (Wildman–Crippen MR) is 183 cm³/mol. The van der Waals surface area contributed by atoms with Gasteiger partial charge in [-0.1, -0.05) is 90.4 Å². The van der Waals surface area contributed by atoms with Crippen molar-refractivity contribution in [2.24, 2.45) is 0 Å². The molecule has 0 saturated carbocycles. The normalized spacial score (nSPS) is 20.1. The Labute approximate surface area is 291 Å². The number of esters is 4. The van der Waals surface area contributed by atoms with Gasteiger partial charge in [-0.05, 0) is 30.7 Å². The van der Waals surface area contributed by atoms with Crippen molar-refractivity contribution in [3.05, 3.63) is 24.3 Å². The maximum absolute atomic E-state index is 12.5. The number of amides is 1. The van der Waals surface area contributed by atoms with Crippen LogP contribution in [0.5, 0.6) is 5.75 Å². The van der Waals surface area contributed by atoms with E-state index in [1.165, 1.54) is 77.6 Å². The lowest BCUT2D eigenvalue weighted by atomic mass is 9.98. The lowest BCUT2D eigenvalue weighted by Crippen LogP contribution is -2.63. The van der Waals surface area contributed by atoms with Crippen molar-refractivity contribution >= 4 is 35.5 Å². The first-order valence-corrected chi connectivity index (χ1v) is 17.9. The summed E-state index contributed by atoms with van der Waals surface area (Å²) in [5.74, 6) is -2.59. The van der Waals surface area contributed by atoms with Crippen molar-refractivity contribution in [2.75, 3.05) is 11.9 Å². The van der Waals surface area contributed by atoms with Crippen LogP contribution in [-0.2, 0) is 47.7 Å². The standard InChI is InChI=1S/C37H57NO11/c1-6-7-8-9-10-11-12-13-14-15-16-17-18-19-20-33(43)38-30-21-23-31(24-22-30)48-37-36(47-29(5)42)35(46-28(4)41)34(45-27(3)40)32(49-37)25-44-26(2)39/h21-24,32,34-37H,6-20,25H2,1-5H3,(H,38,43)/t32-,34-,35+,36-,37-/m1/s1. The van der Waals surface area contributed by atoms with Crippen LogP contribution in [0.15, 0.2) is 24.3 Å². The van der Waals surface area contributed by atoms with Crippen molar-refractivity contribution in [2.45, 2.75) is 162 Å². The molecule has 0 aliphatic carbocycles. The van der Waals surface area contributed by atoms with E-state index in [0.717, 1.165) is 40.0 Å². The molecule has 1 fully saturated rings. The topological polar surface area (TPSA) is 153 Å². The Morgan fingerprint density at radius 3 is 1.57 bits per heavy atom. The summed E-state index contributed by atoms with van der Waals surface area (Å²) < 4.78 is 33.3. The Morgan fingerprint density at radius 2 is 1.08 bits per heavy atom. The van der Waals surface area contributed by atoms with Crippen molar-refractivity contribution < 1.29 is 52.4 Å². The van der Waals surface area contributed by atoms with Gasteiger partial charge in [0.05, 0.1) is 0 Å². The molecule has 0 unspecified atom stereocenters. The first-order valence-electron chi connectivity index (χ1n) is 17.9. The average Bonchev–Trinajstić information content (AvgIpc) is 3.03. The van der Waals surface area contributed by atoms with Crippen LogP contribution in [0.2, 0.25) is 0 Å². The first-order chi connectivity index (χ1) is 23.5. The van der Waals surface area contributed by atoms with Gasteiger partial charge in [-0.3, -0.25) is 24.0 Å². The Kier molecular flexibility index (Phi) is 20.0. The van der Waals surface area contributed by atoms with Crippen molar-refractivity contribution in [1.29, 1.82) is 0 Å². The van der Waals surface area contributed by atoms with Gasteiger partial charge < -0.3 is 33.7 Å². The second-order valence-corrected chi connectivity index (χ2v) is 12.6. The monoisotopic (exact) mass is 691 g/mol. The summed E-state index contributed by atoms with van der Waals surface area (Å²) in [5.41, 5.74) is 0.573. The molecule has 1 amide bonds. The molecule has 1 heterocycles. The summed E-state index contributed by atoms with van der Waals surface area (Å²) in [4.78, 5) is 60.1. The quantitative estimate of drug-likeness (QED) is 0.0720. The first kappa shape index (κ1) is 41.5. The van der Waals surface area contributed by atoms with Crippen LogP contribution in [-0.4, -0.2) is 67.1 Å². The molecule has 1 aliphatic heterocycles. The average molecular weight is 692 g/mol. The number of hydrogen-bond donors (Lipinski definition) is 1. The molecular formula is C37H57NO11. The van der Waals surface area contributed by atoms with Gasteiger partial charge in [0.25, 0.3) is 0 Å². The van der Waals surface area contributed by atoms with Gasteiger partial charge >= 0.3 is 23.9 Å². The van der Waals surface area contributed by atoms with Crippen molar-refractivity contribution in [3.8, 4) is 5.75 Å². The van der Waals surface area contributed by atoms with Crippen LogP contribution < -0.4 is 10.1 Å². The molecule has 1 aromatic rings. The van der Waals surface area contributed by atoms with E-state index in [-0.39, 0.29) is 18.3 Å². The highest BCUT2D eigenvalue weighted by molar-refractivity contribution is 5.90.